The van der Waals surface area contributed by atoms with E-state index in [2.05, 4.69) is 10.3 Å². The quantitative estimate of drug-likeness (QED) is 0.626. The van der Waals surface area contributed by atoms with E-state index in [1.807, 2.05) is 19.0 Å². The molecule has 1 amide bonds. The Hall–Kier alpha value is -1.03. The van der Waals surface area contributed by atoms with E-state index in [0.29, 0.717) is 6.54 Å². The lowest BCUT2D eigenvalue weighted by Gasteiger charge is -2.37. The molecule has 120 valence electrons. The summed E-state index contributed by atoms with van der Waals surface area (Å²) in [6, 6.07) is -0.511. The average Bonchev–Trinajstić information content (AvgIpc) is 2.86. The number of aliphatic hydroxyl groups excluding tert-OH is 2. The predicted molar refractivity (Wildman–Crippen MR) is 78.2 cm³/mol. The van der Waals surface area contributed by atoms with Crippen LogP contribution in [-0.4, -0.2) is 83.4 Å². The Bertz CT molecular complexity index is 420. The van der Waals surface area contributed by atoms with E-state index in [0.717, 1.165) is 5.17 Å². The predicted octanol–water partition coefficient (Wildman–Crippen LogP) is -0.788. The van der Waals surface area contributed by atoms with Gasteiger partial charge in [0.1, 0.15) is 36.4 Å². The number of nitrogens with one attached hydrogen (secondary N) is 1. The minimum atomic E-state index is -1.15. The highest BCUT2D eigenvalue weighted by atomic mass is 32.2. The molecular formula is C12H21N3O5S. The minimum absolute atomic E-state index is 0.120. The van der Waals surface area contributed by atoms with Crippen molar-refractivity contribution in [2.75, 3.05) is 27.2 Å². The molecule has 1 saturated heterocycles. The normalized spacial score (nSPS) is 34.9. The van der Waals surface area contributed by atoms with Gasteiger partial charge in [-0.05, 0) is 6.92 Å². The Morgan fingerprint density at radius 3 is 2.81 bits per heavy atom. The molecule has 0 aromatic heterocycles. The Balaban J connectivity index is 1.95. The molecule has 0 radical (unpaired) electrons. The minimum Gasteiger partial charge on any atom is -0.447 e. The molecule has 0 saturated carbocycles. The first-order valence-electron chi connectivity index (χ1n) is 6.78. The van der Waals surface area contributed by atoms with Crippen LogP contribution in [0.2, 0.25) is 0 Å². The van der Waals surface area contributed by atoms with E-state index in [1.54, 1.807) is 6.92 Å². The van der Waals surface area contributed by atoms with E-state index in [9.17, 15) is 15.0 Å². The van der Waals surface area contributed by atoms with Crippen molar-refractivity contribution >= 4 is 23.0 Å². The number of aliphatic imine (C=N–C) groups is 1. The summed E-state index contributed by atoms with van der Waals surface area (Å²) in [6.45, 7) is 2.11. The molecule has 1 fully saturated rings. The van der Waals surface area contributed by atoms with Crippen LogP contribution in [0, 0.1) is 0 Å². The van der Waals surface area contributed by atoms with Crippen molar-refractivity contribution in [2.24, 2.45) is 4.99 Å². The number of fused-ring (bicyclic) bond motifs is 1. The third kappa shape index (κ3) is 3.60. The van der Waals surface area contributed by atoms with Crippen molar-refractivity contribution in [1.29, 1.82) is 0 Å². The molecule has 0 spiro atoms. The first-order chi connectivity index (χ1) is 9.93. The molecule has 8 nitrogen and oxygen atoms in total. The smallest absolute Gasteiger partial charge is 0.407 e. The van der Waals surface area contributed by atoms with Crippen molar-refractivity contribution in [2.45, 2.75) is 36.7 Å². The number of rotatable bonds is 3. The molecule has 2 rings (SSSR count). The summed E-state index contributed by atoms with van der Waals surface area (Å²) >= 11 is 1.38. The summed E-state index contributed by atoms with van der Waals surface area (Å²) in [7, 11) is 3.70. The molecule has 3 N–H and O–H groups in total. The topological polar surface area (TPSA) is 104 Å². The van der Waals surface area contributed by atoms with Crippen LogP contribution in [0.1, 0.15) is 6.92 Å². The summed E-state index contributed by atoms with van der Waals surface area (Å²) < 4.78 is 10.7. The number of alkyl carbamates (subject to hydrolysis) is 1. The van der Waals surface area contributed by atoms with Crippen LogP contribution >= 0.6 is 11.8 Å². The number of nitrogens with zero attached hydrogens (tertiary/aromatic N) is 2. The van der Waals surface area contributed by atoms with Crippen LogP contribution in [0.25, 0.3) is 0 Å². The summed E-state index contributed by atoms with van der Waals surface area (Å²) in [6.07, 6.45) is -3.54. The van der Waals surface area contributed by atoms with Crippen molar-refractivity contribution in [3.63, 3.8) is 0 Å². The van der Waals surface area contributed by atoms with Gasteiger partial charge in [0.05, 0.1) is 0 Å². The van der Waals surface area contributed by atoms with Crippen molar-refractivity contribution in [3.8, 4) is 0 Å². The zero-order chi connectivity index (χ0) is 15.6. The van der Waals surface area contributed by atoms with Crippen molar-refractivity contribution in [3.05, 3.63) is 0 Å². The zero-order valence-electron chi connectivity index (χ0n) is 12.2. The van der Waals surface area contributed by atoms with Gasteiger partial charge in [0, 0.05) is 20.6 Å². The largest absolute Gasteiger partial charge is 0.447 e. The van der Waals surface area contributed by atoms with E-state index in [4.69, 9.17) is 9.47 Å². The fourth-order valence-corrected chi connectivity index (χ4v) is 3.29. The van der Waals surface area contributed by atoms with Crippen LogP contribution in [0.3, 0.4) is 0 Å². The maximum atomic E-state index is 11.3. The first-order valence-corrected chi connectivity index (χ1v) is 7.66. The summed E-state index contributed by atoms with van der Waals surface area (Å²) in [5.74, 6) is 0. The van der Waals surface area contributed by atoms with Gasteiger partial charge in [-0.15, -0.1) is 0 Å². The van der Waals surface area contributed by atoms with Crippen LogP contribution in [0.4, 0.5) is 4.79 Å². The fraction of sp³-hybridized carbons (Fsp3) is 0.833. The number of thioether (sulfide) groups is 1. The molecule has 2 heterocycles. The molecule has 0 aromatic rings. The standard InChI is InChI=1S/C12H21N3O5S/c1-4-13-12(18)19-5-6-8(16)9(17)7-10(20-6)21-11(14-7)15(2)3/h6-10,16-17H,4-5H2,1-3H3,(H,13,18). The molecule has 2 aliphatic heterocycles. The molecule has 2 aliphatic rings. The van der Waals surface area contributed by atoms with E-state index in [1.165, 1.54) is 11.8 Å². The molecule has 5 atom stereocenters. The van der Waals surface area contributed by atoms with Gasteiger partial charge < -0.3 is 29.9 Å². The molecular weight excluding hydrogens is 298 g/mol. The second-order valence-electron chi connectivity index (χ2n) is 5.07. The molecule has 0 aliphatic carbocycles. The first kappa shape index (κ1) is 16.3. The SMILES string of the molecule is CCNC(=O)OCC1OC2SC(N(C)C)=NC2C(O)C1O. The van der Waals surface area contributed by atoms with E-state index >= 15 is 0 Å². The Morgan fingerprint density at radius 1 is 1.48 bits per heavy atom. The summed E-state index contributed by atoms with van der Waals surface area (Å²) in [4.78, 5) is 17.5. The maximum Gasteiger partial charge on any atom is 0.407 e. The molecule has 0 bridgehead atoms. The van der Waals surface area contributed by atoms with E-state index in [-0.39, 0.29) is 12.0 Å². The lowest BCUT2D eigenvalue weighted by molar-refractivity contribution is -0.164. The van der Waals surface area contributed by atoms with Crippen molar-refractivity contribution < 1.29 is 24.5 Å². The van der Waals surface area contributed by atoms with E-state index < -0.39 is 30.4 Å². The highest BCUT2D eigenvalue weighted by Crippen LogP contribution is 2.36. The number of hydrogen-bond donors (Lipinski definition) is 3. The molecule has 5 unspecified atom stereocenters. The van der Waals surface area contributed by atoms with Gasteiger partial charge in [-0.3, -0.25) is 4.99 Å². The third-order valence-electron chi connectivity index (χ3n) is 3.23. The Kier molecular flexibility index (Phi) is 5.31. The Morgan fingerprint density at radius 2 is 2.19 bits per heavy atom. The van der Waals surface area contributed by atoms with Gasteiger partial charge in [-0.1, -0.05) is 11.8 Å². The van der Waals surface area contributed by atoms with Crippen LogP contribution < -0.4 is 5.32 Å². The van der Waals surface area contributed by atoms with Crippen LogP contribution in [0.5, 0.6) is 0 Å². The van der Waals surface area contributed by atoms with Gasteiger partial charge in [-0.2, -0.15) is 0 Å². The van der Waals surface area contributed by atoms with Gasteiger partial charge >= 0.3 is 6.09 Å². The fourth-order valence-electron chi connectivity index (χ4n) is 2.12. The average molecular weight is 319 g/mol. The Labute approximate surface area is 127 Å². The number of amidine groups is 1. The lowest BCUT2D eigenvalue weighted by atomic mass is 9.99. The molecule has 21 heavy (non-hydrogen) atoms. The number of carbonyl (C=O) groups excluding carboxylic acids is 1. The van der Waals surface area contributed by atoms with Gasteiger partial charge in [0.2, 0.25) is 0 Å². The number of hydrogen-bond acceptors (Lipinski definition) is 8. The van der Waals surface area contributed by atoms with Crippen LogP contribution in [-0.2, 0) is 9.47 Å². The molecule has 9 heteroatoms. The zero-order valence-corrected chi connectivity index (χ0v) is 13.0. The number of aliphatic hydroxyl groups is 2. The van der Waals surface area contributed by atoms with Crippen LogP contribution in [0.15, 0.2) is 4.99 Å². The summed E-state index contributed by atoms with van der Waals surface area (Å²) in [5, 5.41) is 23.5. The van der Waals surface area contributed by atoms with Gasteiger partial charge in [0.15, 0.2) is 5.17 Å². The summed E-state index contributed by atoms with van der Waals surface area (Å²) in [5.41, 5.74) is -0.386. The van der Waals surface area contributed by atoms with Crippen molar-refractivity contribution in [1.82, 2.24) is 10.2 Å². The second-order valence-corrected chi connectivity index (χ2v) is 6.13. The number of amides is 1. The second kappa shape index (κ2) is 6.82. The monoisotopic (exact) mass is 319 g/mol. The third-order valence-corrected chi connectivity index (χ3v) is 4.54. The maximum absolute atomic E-state index is 11.3. The van der Waals surface area contributed by atoms with Gasteiger partial charge in [0.25, 0.3) is 0 Å². The van der Waals surface area contributed by atoms with Gasteiger partial charge in [-0.25, -0.2) is 4.79 Å². The number of ether oxygens (including phenoxy) is 2. The number of carbonyl (C=O) groups is 1. The highest BCUT2D eigenvalue weighted by molar-refractivity contribution is 8.14. The molecule has 0 aromatic carbocycles. The highest BCUT2D eigenvalue weighted by Gasteiger charge is 2.48. The lowest BCUT2D eigenvalue weighted by Crippen LogP contribution is -2.56.